The van der Waals surface area contributed by atoms with Crippen molar-refractivity contribution < 1.29 is 14.3 Å². The third-order valence-corrected chi connectivity index (χ3v) is 3.15. The van der Waals surface area contributed by atoms with Crippen molar-refractivity contribution in [2.24, 2.45) is 0 Å². The maximum atomic E-state index is 11.2. The first-order chi connectivity index (χ1) is 9.74. The topological polar surface area (TPSA) is 35.5 Å². The highest BCUT2D eigenvalue weighted by atomic mass is 16.5. The number of ether oxygens (including phenoxy) is 2. The summed E-state index contributed by atoms with van der Waals surface area (Å²) in [5.74, 6) is 1.25. The first-order valence-corrected chi connectivity index (χ1v) is 6.18. The van der Waals surface area contributed by atoms with E-state index in [2.05, 4.69) is 6.58 Å². The van der Waals surface area contributed by atoms with Gasteiger partial charge in [0.25, 0.3) is 0 Å². The number of benzene rings is 2. The summed E-state index contributed by atoms with van der Waals surface area (Å²) in [6, 6.07) is 11.1. The SMILES string of the molecule is C=Cc1cc(OC)c(OC)cc1-c1ccccc1C=O. The Kier molecular flexibility index (Phi) is 4.20. The Labute approximate surface area is 118 Å². The first-order valence-electron chi connectivity index (χ1n) is 6.18. The number of hydrogen-bond donors (Lipinski definition) is 0. The molecule has 0 saturated heterocycles. The number of carbonyl (C=O) groups excluding carboxylic acids is 1. The molecule has 0 N–H and O–H groups in total. The summed E-state index contributed by atoms with van der Waals surface area (Å²) < 4.78 is 10.6. The Morgan fingerprint density at radius 2 is 1.60 bits per heavy atom. The van der Waals surface area contributed by atoms with E-state index in [4.69, 9.17) is 9.47 Å². The van der Waals surface area contributed by atoms with Crippen LogP contribution in [0.15, 0.2) is 43.0 Å². The number of hydrogen-bond acceptors (Lipinski definition) is 3. The van der Waals surface area contributed by atoms with Gasteiger partial charge in [0.05, 0.1) is 14.2 Å². The average Bonchev–Trinajstić information content (AvgIpc) is 2.53. The number of carbonyl (C=O) groups is 1. The van der Waals surface area contributed by atoms with Crippen molar-refractivity contribution in [2.75, 3.05) is 14.2 Å². The van der Waals surface area contributed by atoms with Gasteiger partial charge in [-0.25, -0.2) is 0 Å². The van der Waals surface area contributed by atoms with Crippen molar-refractivity contribution in [2.45, 2.75) is 0 Å². The van der Waals surface area contributed by atoms with E-state index < -0.39 is 0 Å². The van der Waals surface area contributed by atoms with E-state index in [1.807, 2.05) is 30.3 Å². The van der Waals surface area contributed by atoms with E-state index in [0.29, 0.717) is 17.1 Å². The Bertz CT molecular complexity index is 645. The van der Waals surface area contributed by atoms with Gasteiger partial charge in [0.2, 0.25) is 0 Å². The van der Waals surface area contributed by atoms with Crippen LogP contribution < -0.4 is 9.47 Å². The van der Waals surface area contributed by atoms with Gasteiger partial charge in [0, 0.05) is 5.56 Å². The molecule has 3 heteroatoms. The minimum absolute atomic E-state index is 0.619. The van der Waals surface area contributed by atoms with Crippen LogP contribution >= 0.6 is 0 Å². The Morgan fingerprint density at radius 1 is 0.950 bits per heavy atom. The Balaban J connectivity index is 2.72. The molecule has 0 heterocycles. The highest BCUT2D eigenvalue weighted by Crippen LogP contribution is 2.37. The molecule has 0 fully saturated rings. The summed E-state index contributed by atoms with van der Waals surface area (Å²) >= 11 is 0. The minimum Gasteiger partial charge on any atom is -0.493 e. The van der Waals surface area contributed by atoms with Crippen molar-refractivity contribution >= 4 is 12.4 Å². The second kappa shape index (κ2) is 6.06. The predicted octanol–water partition coefficient (Wildman–Crippen LogP) is 3.83. The quantitative estimate of drug-likeness (QED) is 0.773. The zero-order valence-electron chi connectivity index (χ0n) is 11.6. The summed E-state index contributed by atoms with van der Waals surface area (Å²) in [4.78, 5) is 11.2. The smallest absolute Gasteiger partial charge is 0.161 e. The number of aldehydes is 1. The van der Waals surface area contributed by atoms with Crippen molar-refractivity contribution in [1.82, 2.24) is 0 Å². The maximum Gasteiger partial charge on any atom is 0.161 e. The van der Waals surface area contributed by atoms with Gasteiger partial charge < -0.3 is 9.47 Å². The van der Waals surface area contributed by atoms with Gasteiger partial charge in [-0.15, -0.1) is 0 Å². The maximum absolute atomic E-state index is 11.2. The third kappa shape index (κ3) is 2.43. The molecule has 2 aromatic rings. The van der Waals surface area contributed by atoms with Crippen molar-refractivity contribution in [3.8, 4) is 22.6 Å². The molecule has 0 saturated carbocycles. The lowest BCUT2D eigenvalue weighted by Crippen LogP contribution is -1.95. The van der Waals surface area contributed by atoms with Gasteiger partial charge in [0.1, 0.15) is 0 Å². The molecule has 0 unspecified atom stereocenters. The van der Waals surface area contributed by atoms with Crippen molar-refractivity contribution in [3.05, 3.63) is 54.1 Å². The molecule has 0 radical (unpaired) electrons. The van der Waals surface area contributed by atoms with Crippen LogP contribution in [0.25, 0.3) is 17.2 Å². The largest absolute Gasteiger partial charge is 0.493 e. The fourth-order valence-electron chi connectivity index (χ4n) is 2.14. The molecule has 0 amide bonds. The van der Waals surface area contributed by atoms with Crippen LogP contribution in [0.2, 0.25) is 0 Å². The van der Waals surface area contributed by atoms with Gasteiger partial charge >= 0.3 is 0 Å². The Morgan fingerprint density at radius 3 is 2.20 bits per heavy atom. The van der Waals surface area contributed by atoms with Gasteiger partial charge in [-0.1, -0.05) is 36.9 Å². The fraction of sp³-hybridized carbons (Fsp3) is 0.118. The lowest BCUT2D eigenvalue weighted by atomic mass is 9.95. The summed E-state index contributed by atoms with van der Waals surface area (Å²) in [5.41, 5.74) is 3.25. The molecule has 0 aliphatic rings. The van der Waals surface area contributed by atoms with Crippen LogP contribution in [-0.2, 0) is 0 Å². The van der Waals surface area contributed by atoms with E-state index in [9.17, 15) is 4.79 Å². The van der Waals surface area contributed by atoms with Gasteiger partial charge in [-0.05, 0) is 28.8 Å². The zero-order chi connectivity index (χ0) is 14.5. The van der Waals surface area contributed by atoms with Crippen LogP contribution in [0.3, 0.4) is 0 Å². The molecule has 0 bridgehead atoms. The van der Waals surface area contributed by atoms with Crippen LogP contribution in [0, 0.1) is 0 Å². The molecule has 2 rings (SSSR count). The van der Waals surface area contributed by atoms with E-state index in [1.165, 1.54) is 0 Å². The average molecular weight is 268 g/mol. The number of rotatable bonds is 5. The summed E-state index contributed by atoms with van der Waals surface area (Å²) in [7, 11) is 3.17. The normalized spacial score (nSPS) is 9.90. The monoisotopic (exact) mass is 268 g/mol. The van der Waals surface area contributed by atoms with Gasteiger partial charge in [-0.2, -0.15) is 0 Å². The molecular formula is C17H16O3. The highest BCUT2D eigenvalue weighted by molar-refractivity contribution is 5.90. The predicted molar refractivity (Wildman–Crippen MR) is 80.5 cm³/mol. The Hall–Kier alpha value is -2.55. The molecule has 2 aromatic carbocycles. The number of methoxy groups -OCH3 is 2. The van der Waals surface area contributed by atoms with Crippen molar-refractivity contribution in [3.63, 3.8) is 0 Å². The highest BCUT2D eigenvalue weighted by Gasteiger charge is 2.13. The lowest BCUT2D eigenvalue weighted by molar-refractivity contribution is 0.112. The second-order valence-corrected chi connectivity index (χ2v) is 4.20. The van der Waals surface area contributed by atoms with Crippen LogP contribution in [0.5, 0.6) is 11.5 Å². The molecule has 0 atom stereocenters. The van der Waals surface area contributed by atoms with Crippen LogP contribution in [-0.4, -0.2) is 20.5 Å². The molecule has 0 aromatic heterocycles. The lowest BCUT2D eigenvalue weighted by Gasteiger charge is -2.14. The second-order valence-electron chi connectivity index (χ2n) is 4.20. The molecule has 20 heavy (non-hydrogen) atoms. The molecule has 0 aliphatic heterocycles. The van der Waals surface area contributed by atoms with E-state index in [1.54, 1.807) is 26.4 Å². The molecular weight excluding hydrogens is 252 g/mol. The van der Waals surface area contributed by atoms with E-state index in [0.717, 1.165) is 23.0 Å². The molecule has 0 aliphatic carbocycles. The van der Waals surface area contributed by atoms with Crippen molar-refractivity contribution in [1.29, 1.82) is 0 Å². The van der Waals surface area contributed by atoms with E-state index in [-0.39, 0.29) is 0 Å². The molecule has 102 valence electrons. The van der Waals surface area contributed by atoms with Gasteiger partial charge in [0.15, 0.2) is 17.8 Å². The minimum atomic E-state index is 0.619. The fourth-order valence-corrected chi connectivity index (χ4v) is 2.14. The zero-order valence-corrected chi connectivity index (χ0v) is 11.6. The summed E-state index contributed by atoms with van der Waals surface area (Å²) in [6.45, 7) is 3.82. The van der Waals surface area contributed by atoms with Crippen LogP contribution in [0.4, 0.5) is 0 Å². The summed E-state index contributed by atoms with van der Waals surface area (Å²) in [6.07, 6.45) is 2.58. The third-order valence-electron chi connectivity index (χ3n) is 3.15. The van der Waals surface area contributed by atoms with Gasteiger partial charge in [-0.3, -0.25) is 4.79 Å². The van der Waals surface area contributed by atoms with Crippen LogP contribution in [0.1, 0.15) is 15.9 Å². The molecule has 3 nitrogen and oxygen atoms in total. The standard InChI is InChI=1S/C17H16O3/c1-4-12-9-16(19-2)17(20-3)10-15(12)14-8-6-5-7-13(14)11-18/h4-11H,1H2,2-3H3. The van der Waals surface area contributed by atoms with E-state index >= 15 is 0 Å². The first kappa shape index (κ1) is 13.9. The summed E-state index contributed by atoms with van der Waals surface area (Å²) in [5, 5.41) is 0. The molecule has 0 spiro atoms.